The Bertz CT molecular complexity index is 367. The second-order valence-corrected chi connectivity index (χ2v) is 6.60. The van der Waals surface area contributed by atoms with Gasteiger partial charge in [0.1, 0.15) is 0 Å². The van der Waals surface area contributed by atoms with Gasteiger partial charge in [-0.15, -0.1) is 23.1 Å². The maximum absolute atomic E-state index is 12.0. The fraction of sp³-hybridized carbons (Fsp3) is 0.615. The van der Waals surface area contributed by atoms with Gasteiger partial charge in [0.25, 0.3) is 0 Å². The van der Waals surface area contributed by atoms with Gasteiger partial charge >= 0.3 is 0 Å². The highest BCUT2D eigenvalue weighted by Gasteiger charge is 2.25. The Morgan fingerprint density at radius 2 is 2.50 bits per heavy atom. The summed E-state index contributed by atoms with van der Waals surface area (Å²) in [6, 6.07) is 4.15. The zero-order valence-corrected chi connectivity index (χ0v) is 12.0. The van der Waals surface area contributed by atoms with Crippen molar-refractivity contribution in [3.63, 3.8) is 0 Å². The van der Waals surface area contributed by atoms with E-state index in [4.69, 9.17) is 5.11 Å². The fourth-order valence-corrected chi connectivity index (χ4v) is 3.97. The Kier molecular flexibility index (Phi) is 5.53. The van der Waals surface area contributed by atoms with Crippen LogP contribution in [-0.2, 0) is 10.5 Å². The van der Waals surface area contributed by atoms with Crippen molar-refractivity contribution in [3.05, 3.63) is 22.4 Å². The van der Waals surface area contributed by atoms with Gasteiger partial charge < -0.3 is 10.0 Å². The van der Waals surface area contributed by atoms with Crippen LogP contribution in [-0.4, -0.2) is 41.4 Å². The molecule has 100 valence electrons. The molecule has 18 heavy (non-hydrogen) atoms. The van der Waals surface area contributed by atoms with E-state index in [1.165, 1.54) is 4.88 Å². The maximum Gasteiger partial charge on any atom is 0.232 e. The highest BCUT2D eigenvalue weighted by Crippen LogP contribution is 2.21. The summed E-state index contributed by atoms with van der Waals surface area (Å²) >= 11 is 3.43. The molecule has 1 amide bonds. The second-order valence-electron chi connectivity index (χ2n) is 4.58. The molecule has 0 aromatic carbocycles. The van der Waals surface area contributed by atoms with E-state index in [2.05, 4.69) is 11.4 Å². The summed E-state index contributed by atoms with van der Waals surface area (Å²) in [5, 5.41) is 11.0. The lowest BCUT2D eigenvalue weighted by Crippen LogP contribution is -2.30. The van der Waals surface area contributed by atoms with E-state index in [1.54, 1.807) is 23.1 Å². The van der Waals surface area contributed by atoms with Gasteiger partial charge in [0.2, 0.25) is 5.91 Å². The van der Waals surface area contributed by atoms with Crippen LogP contribution in [0, 0.1) is 5.92 Å². The minimum Gasteiger partial charge on any atom is -0.396 e. The quantitative estimate of drug-likeness (QED) is 0.871. The van der Waals surface area contributed by atoms with Gasteiger partial charge in [-0.25, -0.2) is 0 Å². The number of likely N-dealkylation sites (tertiary alicyclic amines) is 1. The first-order chi connectivity index (χ1) is 8.79. The third-order valence-electron chi connectivity index (χ3n) is 3.23. The third-order valence-corrected chi connectivity index (χ3v) is 5.25. The summed E-state index contributed by atoms with van der Waals surface area (Å²) in [5.74, 6) is 2.25. The molecule has 0 aliphatic carbocycles. The van der Waals surface area contributed by atoms with Crippen molar-refractivity contribution in [3.8, 4) is 0 Å². The van der Waals surface area contributed by atoms with Gasteiger partial charge in [0, 0.05) is 30.3 Å². The van der Waals surface area contributed by atoms with E-state index in [0.29, 0.717) is 11.7 Å². The molecule has 0 saturated carbocycles. The molecule has 1 unspecified atom stereocenters. The molecule has 1 aromatic rings. The lowest BCUT2D eigenvalue weighted by Gasteiger charge is -2.16. The molecule has 2 rings (SSSR count). The van der Waals surface area contributed by atoms with Gasteiger partial charge in [0.15, 0.2) is 0 Å². The Hall–Kier alpha value is -0.520. The van der Waals surface area contributed by atoms with Crippen molar-refractivity contribution in [2.24, 2.45) is 5.92 Å². The van der Waals surface area contributed by atoms with Crippen molar-refractivity contribution in [2.45, 2.75) is 18.6 Å². The summed E-state index contributed by atoms with van der Waals surface area (Å²) in [5.41, 5.74) is 0. The summed E-state index contributed by atoms with van der Waals surface area (Å²) in [4.78, 5) is 15.2. The molecule has 1 aromatic heterocycles. The van der Waals surface area contributed by atoms with Crippen molar-refractivity contribution in [1.82, 2.24) is 4.90 Å². The monoisotopic (exact) mass is 285 g/mol. The zero-order valence-electron chi connectivity index (χ0n) is 10.4. The molecule has 0 bridgehead atoms. The lowest BCUT2D eigenvalue weighted by atomic mass is 10.1. The van der Waals surface area contributed by atoms with Crippen molar-refractivity contribution < 1.29 is 9.90 Å². The minimum atomic E-state index is 0.236. The van der Waals surface area contributed by atoms with E-state index < -0.39 is 0 Å². The Morgan fingerprint density at radius 3 is 3.22 bits per heavy atom. The number of nitrogens with zero attached hydrogens (tertiary/aromatic N) is 1. The number of thioether (sulfide) groups is 1. The average molecular weight is 285 g/mol. The van der Waals surface area contributed by atoms with Crippen LogP contribution in [0.4, 0.5) is 0 Å². The smallest absolute Gasteiger partial charge is 0.232 e. The number of carbonyl (C=O) groups excluding carboxylic acids is 1. The summed E-state index contributed by atoms with van der Waals surface area (Å²) < 4.78 is 0. The van der Waals surface area contributed by atoms with Gasteiger partial charge in [-0.1, -0.05) is 6.07 Å². The van der Waals surface area contributed by atoms with Gasteiger partial charge in [-0.2, -0.15) is 0 Å². The van der Waals surface area contributed by atoms with Gasteiger partial charge in [-0.3, -0.25) is 4.79 Å². The number of carbonyl (C=O) groups is 1. The minimum absolute atomic E-state index is 0.236. The molecule has 1 atom stereocenters. The first kappa shape index (κ1) is 13.9. The molecule has 1 fully saturated rings. The average Bonchev–Trinajstić information content (AvgIpc) is 3.00. The molecule has 1 saturated heterocycles. The molecular weight excluding hydrogens is 266 g/mol. The van der Waals surface area contributed by atoms with Gasteiger partial charge in [0.05, 0.1) is 5.75 Å². The van der Waals surface area contributed by atoms with Crippen LogP contribution in [0.25, 0.3) is 0 Å². The van der Waals surface area contributed by atoms with Gasteiger partial charge in [-0.05, 0) is 30.2 Å². The van der Waals surface area contributed by atoms with Crippen LogP contribution < -0.4 is 0 Å². The number of rotatable bonds is 6. The number of hydrogen-bond acceptors (Lipinski definition) is 4. The first-order valence-electron chi connectivity index (χ1n) is 6.28. The zero-order chi connectivity index (χ0) is 12.8. The number of hydrogen-bond donors (Lipinski definition) is 1. The van der Waals surface area contributed by atoms with Crippen LogP contribution in [0.5, 0.6) is 0 Å². The predicted molar refractivity (Wildman–Crippen MR) is 76.9 cm³/mol. The van der Waals surface area contributed by atoms with Crippen LogP contribution >= 0.6 is 23.1 Å². The Balaban J connectivity index is 1.66. The van der Waals surface area contributed by atoms with Crippen LogP contribution in [0.2, 0.25) is 0 Å². The standard InChI is InChI=1S/C13H19NO2S2/c15-6-4-11-3-5-14(8-11)13(16)10-17-9-12-2-1-7-18-12/h1-2,7,11,15H,3-6,8-10H2. The molecule has 2 heterocycles. The molecule has 0 radical (unpaired) electrons. The SMILES string of the molecule is O=C(CSCc1cccs1)N1CCC(CCO)C1. The lowest BCUT2D eigenvalue weighted by molar-refractivity contribution is -0.127. The van der Waals surface area contributed by atoms with E-state index in [1.807, 2.05) is 11.0 Å². The normalized spacial score (nSPS) is 19.4. The van der Waals surface area contributed by atoms with E-state index in [9.17, 15) is 4.79 Å². The topological polar surface area (TPSA) is 40.5 Å². The van der Waals surface area contributed by atoms with Crippen LogP contribution in [0.3, 0.4) is 0 Å². The molecule has 1 aliphatic rings. The number of amides is 1. The van der Waals surface area contributed by atoms with Crippen LogP contribution in [0.15, 0.2) is 17.5 Å². The molecular formula is C13H19NO2S2. The Labute approximate surface area is 116 Å². The molecule has 1 N–H and O–H groups in total. The Morgan fingerprint density at radius 1 is 1.61 bits per heavy atom. The third kappa shape index (κ3) is 4.00. The molecule has 5 heteroatoms. The largest absolute Gasteiger partial charge is 0.396 e. The fourth-order valence-electron chi connectivity index (χ4n) is 2.20. The van der Waals surface area contributed by atoms with E-state index >= 15 is 0 Å². The predicted octanol–water partition coefficient (Wildman–Crippen LogP) is 2.21. The van der Waals surface area contributed by atoms with Crippen molar-refractivity contribution in [1.29, 1.82) is 0 Å². The molecule has 1 aliphatic heterocycles. The van der Waals surface area contributed by atoms with Crippen molar-refractivity contribution in [2.75, 3.05) is 25.4 Å². The second kappa shape index (κ2) is 7.16. The first-order valence-corrected chi connectivity index (χ1v) is 8.32. The number of aliphatic hydroxyl groups excluding tert-OH is 1. The summed E-state index contributed by atoms with van der Waals surface area (Å²) in [6.07, 6.45) is 1.87. The highest BCUT2D eigenvalue weighted by molar-refractivity contribution is 7.99. The number of aliphatic hydroxyl groups is 1. The van der Waals surface area contributed by atoms with E-state index in [0.717, 1.165) is 31.7 Å². The van der Waals surface area contributed by atoms with Crippen LogP contribution in [0.1, 0.15) is 17.7 Å². The molecule has 3 nitrogen and oxygen atoms in total. The summed E-state index contributed by atoms with van der Waals surface area (Å²) in [7, 11) is 0. The maximum atomic E-state index is 12.0. The van der Waals surface area contributed by atoms with Crippen molar-refractivity contribution >= 4 is 29.0 Å². The number of thiophene rings is 1. The van der Waals surface area contributed by atoms with E-state index in [-0.39, 0.29) is 12.5 Å². The highest BCUT2D eigenvalue weighted by atomic mass is 32.2. The summed E-state index contributed by atoms with van der Waals surface area (Å²) in [6.45, 7) is 1.93. The molecule has 0 spiro atoms.